The molecule has 2 unspecified atom stereocenters. The van der Waals surface area contributed by atoms with E-state index in [9.17, 15) is 0 Å². The van der Waals surface area contributed by atoms with E-state index in [0.717, 1.165) is 22.0 Å². The van der Waals surface area contributed by atoms with Crippen LogP contribution in [0.15, 0.2) is 97.1 Å². The van der Waals surface area contributed by atoms with Gasteiger partial charge in [0.05, 0.1) is 0 Å². The Morgan fingerprint density at radius 2 is 1.30 bits per heavy atom. The summed E-state index contributed by atoms with van der Waals surface area (Å²) in [6.45, 7) is 6.73. The molecule has 0 heterocycles. The molecule has 4 aromatic rings. The van der Waals surface area contributed by atoms with Gasteiger partial charge in [-0.3, -0.25) is 0 Å². The van der Waals surface area contributed by atoms with Crippen LogP contribution in [-0.4, -0.2) is 0 Å². The lowest BCUT2D eigenvalue weighted by molar-refractivity contribution is 0.564. The van der Waals surface area contributed by atoms with Gasteiger partial charge in [0, 0.05) is 21.9 Å². The highest BCUT2D eigenvalue weighted by Crippen LogP contribution is 2.37. The van der Waals surface area contributed by atoms with Crippen LogP contribution in [0.5, 0.6) is 0 Å². The van der Waals surface area contributed by atoms with Crippen molar-refractivity contribution in [1.82, 2.24) is 0 Å². The predicted octanol–water partition coefficient (Wildman–Crippen LogP) is 9.99. The topological polar surface area (TPSA) is 0 Å². The largest absolute Gasteiger partial charge is 0.0843 e. The normalized spacial score (nSPS) is 13.2. The minimum atomic E-state index is 0.305. The number of benzene rings is 4. The van der Waals surface area contributed by atoms with Crippen LogP contribution in [0.25, 0.3) is 11.1 Å². The van der Waals surface area contributed by atoms with Crippen molar-refractivity contribution in [3.63, 3.8) is 0 Å². The second kappa shape index (κ2) is 10.6. The molecule has 0 spiro atoms. The lowest BCUT2D eigenvalue weighted by Gasteiger charge is -2.23. The van der Waals surface area contributed by atoms with E-state index in [-0.39, 0.29) is 0 Å². The van der Waals surface area contributed by atoms with Crippen LogP contribution in [0.2, 0.25) is 10.0 Å². The van der Waals surface area contributed by atoms with Gasteiger partial charge in [0.2, 0.25) is 0 Å². The molecule has 4 aromatic carbocycles. The van der Waals surface area contributed by atoms with Crippen molar-refractivity contribution in [2.24, 2.45) is 5.92 Å². The molecule has 0 amide bonds. The van der Waals surface area contributed by atoms with Crippen LogP contribution in [-0.2, 0) is 0 Å². The summed E-state index contributed by atoms with van der Waals surface area (Å²) in [5.74, 6) is 1.08. The lowest BCUT2D eigenvalue weighted by atomic mass is 9.82. The molecule has 0 aliphatic carbocycles. The molecular formula is C31H30Cl2. The number of rotatable bonds is 7. The Labute approximate surface area is 208 Å². The molecule has 168 valence electrons. The smallest absolute Gasteiger partial charge is 0.0450 e. The minimum absolute atomic E-state index is 0.305. The monoisotopic (exact) mass is 472 g/mol. The Balaban J connectivity index is 1.62. The maximum absolute atomic E-state index is 6.81. The standard InChI is InChI=1S/C31H30Cl2/c1-4-28(23-9-6-5-7-10-23)29-18-17-25(20-30(29)33)22-13-15-24(16-14-22)31(21(2)3)26-11-8-12-27(32)19-26/h5-21,28,31H,4H2,1-3H3. The summed E-state index contributed by atoms with van der Waals surface area (Å²) in [5.41, 5.74) is 7.36. The highest BCUT2D eigenvalue weighted by Gasteiger charge is 2.19. The second-order valence-electron chi connectivity index (χ2n) is 9.01. The van der Waals surface area contributed by atoms with Gasteiger partial charge in [-0.1, -0.05) is 123 Å². The summed E-state index contributed by atoms with van der Waals surface area (Å²) < 4.78 is 0. The summed E-state index contributed by atoms with van der Waals surface area (Å²) >= 11 is 13.1. The van der Waals surface area contributed by atoms with E-state index in [1.807, 2.05) is 12.1 Å². The van der Waals surface area contributed by atoms with E-state index < -0.39 is 0 Å². The van der Waals surface area contributed by atoms with Crippen molar-refractivity contribution in [2.45, 2.75) is 39.0 Å². The third-order valence-corrected chi connectivity index (χ3v) is 7.03. The lowest BCUT2D eigenvalue weighted by Crippen LogP contribution is -2.08. The van der Waals surface area contributed by atoms with E-state index in [0.29, 0.717) is 17.8 Å². The predicted molar refractivity (Wildman–Crippen MR) is 144 cm³/mol. The zero-order chi connectivity index (χ0) is 23.4. The van der Waals surface area contributed by atoms with Gasteiger partial charge in [0.15, 0.2) is 0 Å². The summed E-state index contributed by atoms with van der Waals surface area (Å²) in [5, 5.41) is 1.61. The van der Waals surface area contributed by atoms with Crippen LogP contribution >= 0.6 is 23.2 Å². The van der Waals surface area contributed by atoms with Crippen LogP contribution in [0.4, 0.5) is 0 Å². The molecule has 4 rings (SSSR count). The van der Waals surface area contributed by atoms with Gasteiger partial charge in [-0.25, -0.2) is 0 Å². The summed E-state index contributed by atoms with van der Waals surface area (Å²) in [6, 6.07) is 34.2. The quantitative estimate of drug-likeness (QED) is 0.250. The van der Waals surface area contributed by atoms with E-state index in [1.165, 1.54) is 27.8 Å². The van der Waals surface area contributed by atoms with E-state index in [1.54, 1.807) is 0 Å². The fourth-order valence-electron chi connectivity index (χ4n) is 4.86. The molecule has 0 radical (unpaired) electrons. The highest BCUT2D eigenvalue weighted by molar-refractivity contribution is 6.31. The molecule has 0 bridgehead atoms. The molecule has 0 nitrogen and oxygen atoms in total. The Bertz CT molecular complexity index is 1190. The third kappa shape index (κ3) is 5.35. The van der Waals surface area contributed by atoms with Gasteiger partial charge in [0.1, 0.15) is 0 Å². The van der Waals surface area contributed by atoms with Crippen molar-refractivity contribution >= 4 is 23.2 Å². The van der Waals surface area contributed by atoms with Gasteiger partial charge in [0.25, 0.3) is 0 Å². The average Bonchev–Trinajstić information content (AvgIpc) is 2.82. The summed E-state index contributed by atoms with van der Waals surface area (Å²) in [4.78, 5) is 0. The molecule has 0 aliphatic heterocycles. The van der Waals surface area contributed by atoms with Crippen molar-refractivity contribution in [2.75, 3.05) is 0 Å². The zero-order valence-electron chi connectivity index (χ0n) is 19.4. The molecule has 0 fully saturated rings. The first-order valence-electron chi connectivity index (χ1n) is 11.7. The van der Waals surface area contributed by atoms with Crippen molar-refractivity contribution in [1.29, 1.82) is 0 Å². The zero-order valence-corrected chi connectivity index (χ0v) is 20.9. The molecular weight excluding hydrogens is 443 g/mol. The molecule has 0 saturated heterocycles. The molecule has 2 atom stereocenters. The molecule has 0 N–H and O–H groups in total. The Kier molecular flexibility index (Phi) is 7.58. The van der Waals surface area contributed by atoms with Gasteiger partial charge in [-0.15, -0.1) is 0 Å². The van der Waals surface area contributed by atoms with Crippen LogP contribution < -0.4 is 0 Å². The Morgan fingerprint density at radius 1 is 0.636 bits per heavy atom. The van der Waals surface area contributed by atoms with Gasteiger partial charge in [-0.2, -0.15) is 0 Å². The van der Waals surface area contributed by atoms with Gasteiger partial charge in [-0.05, 0) is 63.9 Å². The fourth-order valence-corrected chi connectivity index (χ4v) is 5.37. The molecule has 2 heteroatoms. The average molecular weight is 473 g/mol. The first-order valence-corrected chi connectivity index (χ1v) is 12.4. The molecule has 0 aliphatic rings. The second-order valence-corrected chi connectivity index (χ2v) is 9.85. The number of halogens is 2. The maximum Gasteiger partial charge on any atom is 0.0450 e. The first kappa shape index (κ1) is 23.6. The fraction of sp³-hybridized carbons (Fsp3) is 0.226. The van der Waals surface area contributed by atoms with Gasteiger partial charge < -0.3 is 0 Å². The van der Waals surface area contributed by atoms with Crippen LogP contribution in [0, 0.1) is 5.92 Å². The first-order chi connectivity index (χ1) is 16.0. The SMILES string of the molecule is CCC(c1ccccc1)c1ccc(-c2ccc(C(c3cccc(Cl)c3)C(C)C)cc2)cc1Cl. The van der Waals surface area contributed by atoms with E-state index in [4.69, 9.17) is 23.2 Å². The number of hydrogen-bond acceptors (Lipinski definition) is 0. The van der Waals surface area contributed by atoms with Crippen LogP contribution in [0.1, 0.15) is 61.3 Å². The van der Waals surface area contributed by atoms with Crippen LogP contribution in [0.3, 0.4) is 0 Å². The molecule has 0 saturated carbocycles. The number of hydrogen-bond donors (Lipinski definition) is 0. The minimum Gasteiger partial charge on any atom is -0.0843 e. The van der Waals surface area contributed by atoms with Crippen molar-refractivity contribution in [3.8, 4) is 11.1 Å². The van der Waals surface area contributed by atoms with Crippen molar-refractivity contribution < 1.29 is 0 Å². The van der Waals surface area contributed by atoms with E-state index >= 15 is 0 Å². The van der Waals surface area contributed by atoms with Gasteiger partial charge >= 0.3 is 0 Å². The Morgan fingerprint density at radius 3 is 1.91 bits per heavy atom. The van der Waals surface area contributed by atoms with Crippen molar-refractivity contribution in [3.05, 3.63) is 129 Å². The summed E-state index contributed by atoms with van der Waals surface area (Å²) in [7, 11) is 0. The third-order valence-electron chi connectivity index (χ3n) is 6.46. The van der Waals surface area contributed by atoms with E-state index in [2.05, 4.69) is 106 Å². The summed E-state index contributed by atoms with van der Waals surface area (Å²) in [6.07, 6.45) is 1.01. The maximum atomic E-state index is 6.81. The molecule has 33 heavy (non-hydrogen) atoms. The highest BCUT2D eigenvalue weighted by atomic mass is 35.5. The molecule has 0 aromatic heterocycles. The Hall–Kier alpha value is -2.54.